The van der Waals surface area contributed by atoms with E-state index in [9.17, 15) is 9.59 Å². The van der Waals surface area contributed by atoms with Crippen LogP contribution in [0, 0.1) is 0 Å². The Hall–Kier alpha value is -3.80. The highest BCUT2D eigenvalue weighted by molar-refractivity contribution is 6.05. The van der Waals surface area contributed by atoms with Gasteiger partial charge in [-0.3, -0.25) is 9.59 Å². The molecule has 3 rings (SSSR count). The molecule has 0 spiro atoms. The fraction of sp³-hybridized carbons (Fsp3) is 0.167. The van der Waals surface area contributed by atoms with Gasteiger partial charge >= 0.3 is 0 Å². The number of nitrogens with one attached hydrogen (secondary N) is 2. The first-order valence-corrected chi connectivity index (χ1v) is 9.65. The minimum absolute atomic E-state index is 0.0902. The Bertz CT molecular complexity index is 1020. The van der Waals surface area contributed by atoms with Crippen molar-refractivity contribution in [1.82, 2.24) is 0 Å². The molecule has 0 radical (unpaired) electrons. The number of benzene rings is 3. The predicted molar refractivity (Wildman–Crippen MR) is 117 cm³/mol. The second-order valence-corrected chi connectivity index (χ2v) is 6.53. The molecule has 0 heterocycles. The van der Waals surface area contributed by atoms with E-state index in [4.69, 9.17) is 9.47 Å². The Labute approximate surface area is 175 Å². The Balaban J connectivity index is 1.56. The SMILES string of the molecule is CCc1ccccc1OCC(=O)Nc1ccc(C(=O)Nc2ccccc2OC)cc1. The Morgan fingerprint density at radius 2 is 1.50 bits per heavy atom. The van der Waals surface area contributed by atoms with Crippen molar-refractivity contribution < 1.29 is 19.1 Å². The molecule has 0 saturated heterocycles. The van der Waals surface area contributed by atoms with E-state index in [1.807, 2.05) is 43.3 Å². The van der Waals surface area contributed by atoms with Crippen LogP contribution in [0.15, 0.2) is 72.8 Å². The van der Waals surface area contributed by atoms with Gasteiger partial charge in [0, 0.05) is 11.3 Å². The van der Waals surface area contributed by atoms with Crippen molar-refractivity contribution in [3.63, 3.8) is 0 Å². The van der Waals surface area contributed by atoms with Gasteiger partial charge in [-0.25, -0.2) is 0 Å². The number of methoxy groups -OCH3 is 1. The fourth-order valence-electron chi connectivity index (χ4n) is 2.92. The van der Waals surface area contributed by atoms with Gasteiger partial charge in [0.1, 0.15) is 11.5 Å². The molecule has 3 aromatic rings. The van der Waals surface area contributed by atoms with E-state index in [0.717, 1.165) is 12.0 Å². The number of anilines is 2. The van der Waals surface area contributed by atoms with Crippen molar-refractivity contribution in [3.8, 4) is 11.5 Å². The first kappa shape index (κ1) is 20.9. The summed E-state index contributed by atoms with van der Waals surface area (Å²) >= 11 is 0. The average molecular weight is 404 g/mol. The summed E-state index contributed by atoms with van der Waals surface area (Å²) in [5.41, 5.74) is 2.69. The number of rotatable bonds is 8. The van der Waals surface area contributed by atoms with Crippen molar-refractivity contribution in [2.45, 2.75) is 13.3 Å². The monoisotopic (exact) mass is 404 g/mol. The normalized spacial score (nSPS) is 10.2. The highest BCUT2D eigenvalue weighted by Crippen LogP contribution is 2.24. The van der Waals surface area contributed by atoms with Crippen molar-refractivity contribution in [2.75, 3.05) is 24.4 Å². The molecule has 6 heteroatoms. The van der Waals surface area contributed by atoms with Gasteiger partial charge in [-0.05, 0) is 54.4 Å². The molecule has 0 unspecified atom stereocenters. The lowest BCUT2D eigenvalue weighted by molar-refractivity contribution is -0.118. The summed E-state index contributed by atoms with van der Waals surface area (Å²) in [5, 5.41) is 5.58. The summed E-state index contributed by atoms with van der Waals surface area (Å²) in [4.78, 5) is 24.6. The molecule has 0 aromatic heterocycles. The zero-order chi connectivity index (χ0) is 21.3. The predicted octanol–water partition coefficient (Wildman–Crippen LogP) is 4.53. The van der Waals surface area contributed by atoms with Crippen LogP contribution in [0.2, 0.25) is 0 Å². The maximum Gasteiger partial charge on any atom is 0.262 e. The van der Waals surface area contributed by atoms with Crippen molar-refractivity contribution in [3.05, 3.63) is 83.9 Å². The van der Waals surface area contributed by atoms with Crippen LogP contribution in [-0.2, 0) is 11.2 Å². The number of hydrogen-bond donors (Lipinski definition) is 2. The number of hydrogen-bond acceptors (Lipinski definition) is 4. The maximum atomic E-state index is 12.5. The molecular formula is C24H24N2O4. The third-order valence-electron chi connectivity index (χ3n) is 4.50. The van der Waals surface area contributed by atoms with Gasteiger partial charge in [0.15, 0.2) is 6.61 Å². The molecule has 0 aliphatic rings. The standard InChI is InChI=1S/C24H24N2O4/c1-3-17-8-4-6-10-21(17)30-16-23(27)25-19-14-12-18(13-15-19)24(28)26-20-9-5-7-11-22(20)29-2/h4-15H,3,16H2,1-2H3,(H,25,27)(H,26,28). The Kier molecular flexibility index (Phi) is 7.05. The van der Waals surface area contributed by atoms with Crippen LogP contribution in [0.1, 0.15) is 22.8 Å². The van der Waals surface area contributed by atoms with Crippen LogP contribution in [0.5, 0.6) is 11.5 Å². The molecule has 0 fully saturated rings. The smallest absolute Gasteiger partial charge is 0.262 e. The topological polar surface area (TPSA) is 76.7 Å². The van der Waals surface area contributed by atoms with E-state index < -0.39 is 0 Å². The molecule has 3 aromatic carbocycles. The molecule has 154 valence electrons. The summed E-state index contributed by atoms with van der Waals surface area (Å²) in [7, 11) is 1.55. The molecule has 0 atom stereocenters. The van der Waals surface area contributed by atoms with Gasteiger partial charge in [0.25, 0.3) is 11.8 Å². The minimum atomic E-state index is -0.271. The molecule has 0 aliphatic carbocycles. The third kappa shape index (κ3) is 5.38. The number of ether oxygens (including phenoxy) is 2. The van der Waals surface area contributed by atoms with Crippen LogP contribution in [0.25, 0.3) is 0 Å². The first-order chi connectivity index (χ1) is 14.6. The number of carbonyl (C=O) groups excluding carboxylic acids is 2. The average Bonchev–Trinajstić information content (AvgIpc) is 2.78. The zero-order valence-electron chi connectivity index (χ0n) is 17.0. The van der Waals surface area contributed by atoms with Crippen LogP contribution in [0.4, 0.5) is 11.4 Å². The van der Waals surface area contributed by atoms with Gasteiger partial charge < -0.3 is 20.1 Å². The maximum absolute atomic E-state index is 12.5. The van der Waals surface area contributed by atoms with Gasteiger partial charge in [0.2, 0.25) is 0 Å². The van der Waals surface area contributed by atoms with Crippen molar-refractivity contribution in [1.29, 1.82) is 0 Å². The molecule has 6 nitrogen and oxygen atoms in total. The van der Waals surface area contributed by atoms with Gasteiger partial charge in [-0.1, -0.05) is 37.3 Å². The van der Waals surface area contributed by atoms with E-state index in [-0.39, 0.29) is 18.4 Å². The van der Waals surface area contributed by atoms with E-state index in [1.54, 1.807) is 43.5 Å². The molecule has 0 aliphatic heterocycles. The molecule has 0 bridgehead atoms. The molecule has 2 amide bonds. The van der Waals surface area contributed by atoms with E-state index in [1.165, 1.54) is 0 Å². The summed E-state index contributed by atoms with van der Waals surface area (Å²) < 4.78 is 10.9. The van der Waals surface area contributed by atoms with Gasteiger partial charge in [-0.2, -0.15) is 0 Å². The van der Waals surface area contributed by atoms with Gasteiger partial charge in [-0.15, -0.1) is 0 Å². The zero-order valence-corrected chi connectivity index (χ0v) is 17.0. The quantitative estimate of drug-likeness (QED) is 0.578. The van der Waals surface area contributed by atoms with E-state index in [2.05, 4.69) is 10.6 Å². The van der Waals surface area contributed by atoms with Crippen LogP contribution >= 0.6 is 0 Å². The number of amides is 2. The van der Waals surface area contributed by atoms with E-state index >= 15 is 0 Å². The lowest BCUT2D eigenvalue weighted by Gasteiger charge is -2.11. The molecule has 0 saturated carbocycles. The van der Waals surface area contributed by atoms with Crippen LogP contribution < -0.4 is 20.1 Å². The summed E-state index contributed by atoms with van der Waals surface area (Å²) in [6, 6.07) is 21.5. The lowest BCUT2D eigenvalue weighted by atomic mass is 10.1. The second kappa shape index (κ2) is 10.1. The van der Waals surface area contributed by atoms with Crippen molar-refractivity contribution >= 4 is 23.2 Å². The third-order valence-corrected chi connectivity index (χ3v) is 4.50. The largest absolute Gasteiger partial charge is 0.495 e. The van der Waals surface area contributed by atoms with E-state index in [0.29, 0.717) is 28.4 Å². The number of para-hydroxylation sites is 3. The molecule has 2 N–H and O–H groups in total. The summed E-state index contributed by atoms with van der Waals surface area (Å²) in [6.45, 7) is 1.95. The molecule has 30 heavy (non-hydrogen) atoms. The van der Waals surface area contributed by atoms with Gasteiger partial charge in [0.05, 0.1) is 12.8 Å². The minimum Gasteiger partial charge on any atom is -0.495 e. The Morgan fingerprint density at radius 1 is 0.833 bits per heavy atom. The van der Waals surface area contributed by atoms with Crippen LogP contribution in [0.3, 0.4) is 0 Å². The Morgan fingerprint density at radius 3 is 2.20 bits per heavy atom. The second-order valence-electron chi connectivity index (χ2n) is 6.53. The fourth-order valence-corrected chi connectivity index (χ4v) is 2.92. The van der Waals surface area contributed by atoms with Crippen LogP contribution in [-0.4, -0.2) is 25.5 Å². The lowest BCUT2D eigenvalue weighted by Crippen LogP contribution is -2.20. The number of aryl methyl sites for hydroxylation is 1. The number of carbonyl (C=O) groups is 2. The summed E-state index contributed by atoms with van der Waals surface area (Å²) in [6.07, 6.45) is 0.830. The highest BCUT2D eigenvalue weighted by atomic mass is 16.5. The molecular weight excluding hydrogens is 380 g/mol. The van der Waals surface area contributed by atoms with Crippen molar-refractivity contribution in [2.24, 2.45) is 0 Å². The summed E-state index contributed by atoms with van der Waals surface area (Å²) in [5.74, 6) is 0.752. The first-order valence-electron chi connectivity index (χ1n) is 9.65. The highest BCUT2D eigenvalue weighted by Gasteiger charge is 2.10.